The van der Waals surface area contributed by atoms with Crippen molar-refractivity contribution in [2.24, 2.45) is 5.92 Å². The van der Waals surface area contributed by atoms with Crippen LogP contribution in [0, 0.1) is 5.92 Å². The van der Waals surface area contributed by atoms with Crippen LogP contribution in [0.1, 0.15) is 58.6 Å². The van der Waals surface area contributed by atoms with Crippen molar-refractivity contribution in [3.8, 4) is 0 Å². The van der Waals surface area contributed by atoms with Gasteiger partial charge in [0.1, 0.15) is 5.82 Å². The van der Waals surface area contributed by atoms with E-state index in [2.05, 4.69) is 55.0 Å². The quantitative estimate of drug-likeness (QED) is 0.877. The van der Waals surface area contributed by atoms with E-state index in [0.29, 0.717) is 18.0 Å². The molecule has 112 valence electrons. The topological polar surface area (TPSA) is 28.2 Å². The lowest BCUT2D eigenvalue weighted by molar-refractivity contribution is 0.112. The lowest BCUT2D eigenvalue weighted by Crippen LogP contribution is -2.38. The molecule has 3 nitrogen and oxygen atoms in total. The Hall–Kier alpha value is -1.09. The third-order valence-electron chi connectivity index (χ3n) is 4.08. The Balaban J connectivity index is 2.21. The van der Waals surface area contributed by atoms with Crippen LogP contribution >= 0.6 is 0 Å². The van der Waals surface area contributed by atoms with Crippen molar-refractivity contribution in [3.63, 3.8) is 0 Å². The highest BCUT2D eigenvalue weighted by Crippen LogP contribution is 2.35. The zero-order valence-electron chi connectivity index (χ0n) is 13.4. The number of piperidine rings is 1. The molecule has 1 fully saturated rings. The van der Waals surface area contributed by atoms with Gasteiger partial charge in [0, 0.05) is 30.4 Å². The van der Waals surface area contributed by atoms with Gasteiger partial charge in [-0.1, -0.05) is 26.3 Å². The summed E-state index contributed by atoms with van der Waals surface area (Å²) < 4.78 is 0. The number of pyridine rings is 1. The highest BCUT2D eigenvalue weighted by Gasteiger charge is 2.27. The first-order valence-corrected chi connectivity index (χ1v) is 8.04. The van der Waals surface area contributed by atoms with Gasteiger partial charge in [0.15, 0.2) is 0 Å². The SMILES string of the molecule is CC(C)CNc1ncccc1C1CCCCN1C(C)C. The summed E-state index contributed by atoms with van der Waals surface area (Å²) in [5.41, 5.74) is 1.38. The second-order valence-corrected chi connectivity index (χ2v) is 6.56. The van der Waals surface area contributed by atoms with Crippen LogP contribution in [0.3, 0.4) is 0 Å². The molecular weight excluding hydrogens is 246 g/mol. The number of hydrogen-bond acceptors (Lipinski definition) is 3. The molecule has 1 aliphatic rings. The fourth-order valence-corrected chi connectivity index (χ4v) is 3.04. The van der Waals surface area contributed by atoms with E-state index in [9.17, 15) is 0 Å². The lowest BCUT2D eigenvalue weighted by Gasteiger charge is -2.39. The maximum atomic E-state index is 4.58. The van der Waals surface area contributed by atoms with Gasteiger partial charge in [-0.2, -0.15) is 0 Å². The van der Waals surface area contributed by atoms with Gasteiger partial charge >= 0.3 is 0 Å². The number of rotatable bonds is 5. The summed E-state index contributed by atoms with van der Waals surface area (Å²) in [6, 6.07) is 5.44. The molecule has 3 heteroatoms. The van der Waals surface area contributed by atoms with Gasteiger partial charge in [0.05, 0.1) is 0 Å². The number of nitrogens with one attached hydrogen (secondary N) is 1. The summed E-state index contributed by atoms with van der Waals surface area (Å²) >= 11 is 0. The number of nitrogens with zero attached hydrogens (tertiary/aromatic N) is 2. The van der Waals surface area contributed by atoms with Crippen LogP contribution in [0.25, 0.3) is 0 Å². The molecule has 2 heterocycles. The normalized spacial score (nSPS) is 20.6. The maximum absolute atomic E-state index is 4.58. The van der Waals surface area contributed by atoms with Crippen LogP contribution in [0.4, 0.5) is 5.82 Å². The second-order valence-electron chi connectivity index (χ2n) is 6.56. The Morgan fingerprint density at radius 2 is 2.10 bits per heavy atom. The second kappa shape index (κ2) is 7.07. The van der Waals surface area contributed by atoms with E-state index in [-0.39, 0.29) is 0 Å². The molecule has 0 aliphatic carbocycles. The molecule has 20 heavy (non-hydrogen) atoms. The molecule has 0 amide bonds. The minimum absolute atomic E-state index is 0.520. The molecule has 0 aromatic carbocycles. The summed E-state index contributed by atoms with van der Waals surface area (Å²) in [6.07, 6.45) is 5.80. The summed E-state index contributed by atoms with van der Waals surface area (Å²) in [7, 11) is 0. The van der Waals surface area contributed by atoms with E-state index in [4.69, 9.17) is 0 Å². The Labute approximate surface area is 123 Å². The van der Waals surface area contributed by atoms with Gasteiger partial charge in [-0.3, -0.25) is 4.90 Å². The van der Waals surface area contributed by atoms with E-state index >= 15 is 0 Å². The Bertz CT molecular complexity index is 414. The van der Waals surface area contributed by atoms with Crippen LogP contribution in [0.5, 0.6) is 0 Å². The van der Waals surface area contributed by atoms with E-state index in [1.54, 1.807) is 0 Å². The first-order valence-electron chi connectivity index (χ1n) is 8.04. The van der Waals surface area contributed by atoms with Gasteiger partial charge in [-0.25, -0.2) is 4.98 Å². The monoisotopic (exact) mass is 275 g/mol. The minimum Gasteiger partial charge on any atom is -0.370 e. The zero-order valence-corrected chi connectivity index (χ0v) is 13.4. The first-order chi connectivity index (χ1) is 9.59. The Morgan fingerprint density at radius 1 is 1.30 bits per heavy atom. The molecule has 1 saturated heterocycles. The van der Waals surface area contributed by atoms with Crippen molar-refractivity contribution >= 4 is 5.82 Å². The molecule has 1 aromatic rings. The highest BCUT2D eigenvalue weighted by molar-refractivity contribution is 5.46. The predicted octanol–water partition coefficient (Wildman–Crippen LogP) is 4.08. The van der Waals surface area contributed by atoms with E-state index in [0.717, 1.165) is 12.4 Å². The first kappa shape index (κ1) is 15.3. The maximum Gasteiger partial charge on any atom is 0.130 e. The molecule has 0 spiro atoms. The van der Waals surface area contributed by atoms with Crippen molar-refractivity contribution in [1.82, 2.24) is 9.88 Å². The molecule has 1 N–H and O–H groups in total. The van der Waals surface area contributed by atoms with Crippen molar-refractivity contribution in [1.29, 1.82) is 0 Å². The van der Waals surface area contributed by atoms with Crippen molar-refractivity contribution in [2.45, 2.75) is 59.0 Å². The lowest BCUT2D eigenvalue weighted by atomic mass is 9.94. The van der Waals surface area contributed by atoms with Gasteiger partial charge in [0.25, 0.3) is 0 Å². The van der Waals surface area contributed by atoms with Gasteiger partial charge < -0.3 is 5.32 Å². The third kappa shape index (κ3) is 3.72. The molecular formula is C17H29N3. The fraction of sp³-hybridized carbons (Fsp3) is 0.706. The average molecular weight is 275 g/mol. The molecule has 0 radical (unpaired) electrons. The number of aromatic nitrogens is 1. The molecule has 1 atom stereocenters. The van der Waals surface area contributed by atoms with Gasteiger partial charge in [0.2, 0.25) is 0 Å². The van der Waals surface area contributed by atoms with Gasteiger partial charge in [-0.15, -0.1) is 0 Å². The molecule has 1 aliphatic heterocycles. The van der Waals surface area contributed by atoms with Crippen molar-refractivity contribution < 1.29 is 0 Å². The number of anilines is 1. The summed E-state index contributed by atoms with van der Waals surface area (Å²) in [5.74, 6) is 1.72. The van der Waals surface area contributed by atoms with Crippen LogP contribution in [-0.4, -0.2) is 29.0 Å². The van der Waals surface area contributed by atoms with Crippen molar-refractivity contribution in [3.05, 3.63) is 23.9 Å². The highest BCUT2D eigenvalue weighted by atomic mass is 15.2. The average Bonchev–Trinajstić information content (AvgIpc) is 2.45. The van der Waals surface area contributed by atoms with E-state index < -0.39 is 0 Å². The molecule has 1 unspecified atom stereocenters. The number of hydrogen-bond donors (Lipinski definition) is 1. The Kier molecular flexibility index (Phi) is 5.41. The molecule has 0 saturated carbocycles. The number of likely N-dealkylation sites (tertiary alicyclic amines) is 1. The van der Waals surface area contributed by atoms with Crippen LogP contribution in [0.2, 0.25) is 0 Å². The molecule has 1 aromatic heterocycles. The molecule has 2 rings (SSSR count). The minimum atomic E-state index is 0.520. The van der Waals surface area contributed by atoms with Gasteiger partial charge in [-0.05, 0) is 45.2 Å². The fourth-order valence-electron chi connectivity index (χ4n) is 3.04. The summed E-state index contributed by atoms with van der Waals surface area (Å²) in [6.45, 7) is 11.3. The van der Waals surface area contributed by atoms with Crippen molar-refractivity contribution in [2.75, 3.05) is 18.4 Å². The van der Waals surface area contributed by atoms with Crippen LogP contribution in [0.15, 0.2) is 18.3 Å². The van der Waals surface area contributed by atoms with Crippen LogP contribution in [-0.2, 0) is 0 Å². The van der Waals surface area contributed by atoms with Crippen LogP contribution < -0.4 is 5.32 Å². The zero-order chi connectivity index (χ0) is 14.5. The largest absolute Gasteiger partial charge is 0.370 e. The summed E-state index contributed by atoms with van der Waals surface area (Å²) in [4.78, 5) is 7.21. The third-order valence-corrected chi connectivity index (χ3v) is 4.08. The smallest absolute Gasteiger partial charge is 0.130 e. The Morgan fingerprint density at radius 3 is 2.80 bits per heavy atom. The van der Waals surface area contributed by atoms with E-state index in [1.807, 2.05) is 6.20 Å². The van der Waals surface area contributed by atoms with E-state index in [1.165, 1.54) is 31.4 Å². The standard InChI is InChI=1S/C17H29N3/c1-13(2)12-19-17-15(8-7-10-18-17)16-9-5-6-11-20(16)14(3)4/h7-8,10,13-14,16H,5-6,9,11-12H2,1-4H3,(H,18,19). The predicted molar refractivity (Wildman–Crippen MR) is 86.0 cm³/mol. The molecule has 0 bridgehead atoms. The summed E-state index contributed by atoms with van der Waals surface area (Å²) in [5, 5.41) is 3.53.